The van der Waals surface area contributed by atoms with Crippen LogP contribution in [0.25, 0.3) is 11.0 Å². The highest BCUT2D eigenvalue weighted by atomic mass is 16.3. The highest BCUT2D eigenvalue weighted by molar-refractivity contribution is 5.75. The molecule has 1 aromatic heterocycles. The molecule has 1 unspecified atom stereocenters. The van der Waals surface area contributed by atoms with Gasteiger partial charge in [-0.15, -0.1) is 0 Å². The second-order valence-corrected chi connectivity index (χ2v) is 4.79. The van der Waals surface area contributed by atoms with Gasteiger partial charge in [0.05, 0.1) is 16.6 Å². The fraction of sp³-hybridized carbons (Fsp3) is 0.500. The molecule has 0 aliphatic heterocycles. The Kier molecular flexibility index (Phi) is 3.20. The molecule has 0 radical (unpaired) electrons. The summed E-state index contributed by atoms with van der Waals surface area (Å²) in [4.78, 5) is 4.62. The SMILES string of the molecule is CCn1c(CC(C)(O)CC)nc2ccccc21. The zero-order valence-electron chi connectivity index (χ0n) is 10.8. The van der Waals surface area contributed by atoms with E-state index in [4.69, 9.17) is 0 Å². The van der Waals surface area contributed by atoms with Crippen LogP contribution in [0.2, 0.25) is 0 Å². The summed E-state index contributed by atoms with van der Waals surface area (Å²) in [5.74, 6) is 0.973. The van der Waals surface area contributed by atoms with Crippen molar-refractivity contribution in [2.75, 3.05) is 0 Å². The molecule has 0 amide bonds. The van der Waals surface area contributed by atoms with Crippen LogP contribution in [0.5, 0.6) is 0 Å². The van der Waals surface area contributed by atoms with Gasteiger partial charge in [0.2, 0.25) is 0 Å². The minimum atomic E-state index is -0.672. The number of aromatic nitrogens is 2. The Balaban J connectivity index is 2.47. The van der Waals surface area contributed by atoms with Crippen molar-refractivity contribution in [1.82, 2.24) is 9.55 Å². The van der Waals surface area contributed by atoms with Crippen molar-refractivity contribution in [3.8, 4) is 0 Å². The molecule has 1 atom stereocenters. The number of hydrogen-bond acceptors (Lipinski definition) is 2. The van der Waals surface area contributed by atoms with E-state index in [2.05, 4.69) is 22.5 Å². The van der Waals surface area contributed by atoms with Gasteiger partial charge in [0.1, 0.15) is 5.82 Å². The summed E-state index contributed by atoms with van der Waals surface area (Å²) in [6, 6.07) is 8.12. The maximum atomic E-state index is 10.2. The third-order valence-electron chi connectivity index (χ3n) is 3.35. The van der Waals surface area contributed by atoms with Gasteiger partial charge in [0.25, 0.3) is 0 Å². The molecule has 3 heteroatoms. The smallest absolute Gasteiger partial charge is 0.112 e. The monoisotopic (exact) mass is 232 g/mol. The zero-order chi connectivity index (χ0) is 12.5. The van der Waals surface area contributed by atoms with E-state index in [1.54, 1.807) is 0 Å². The van der Waals surface area contributed by atoms with Crippen LogP contribution in [0, 0.1) is 0 Å². The lowest BCUT2D eigenvalue weighted by atomic mass is 9.99. The Hall–Kier alpha value is -1.35. The van der Waals surface area contributed by atoms with Gasteiger partial charge in [-0.05, 0) is 32.4 Å². The molecule has 2 aromatic rings. The molecule has 1 N–H and O–H groups in total. The van der Waals surface area contributed by atoms with Crippen molar-refractivity contribution in [1.29, 1.82) is 0 Å². The maximum absolute atomic E-state index is 10.2. The summed E-state index contributed by atoms with van der Waals surface area (Å²) in [6.45, 7) is 6.86. The molecule has 0 saturated heterocycles. The maximum Gasteiger partial charge on any atom is 0.112 e. The second kappa shape index (κ2) is 4.49. The van der Waals surface area contributed by atoms with E-state index < -0.39 is 5.60 Å². The van der Waals surface area contributed by atoms with Crippen LogP contribution in [-0.2, 0) is 13.0 Å². The Morgan fingerprint density at radius 3 is 2.65 bits per heavy atom. The normalized spacial score (nSPS) is 15.1. The third-order valence-corrected chi connectivity index (χ3v) is 3.35. The first-order valence-corrected chi connectivity index (χ1v) is 6.24. The summed E-state index contributed by atoms with van der Waals surface area (Å²) in [7, 11) is 0. The molecule has 92 valence electrons. The first kappa shape index (κ1) is 12.1. The van der Waals surface area contributed by atoms with E-state index in [0.29, 0.717) is 6.42 Å². The van der Waals surface area contributed by atoms with Gasteiger partial charge in [0, 0.05) is 13.0 Å². The van der Waals surface area contributed by atoms with Crippen LogP contribution in [0.3, 0.4) is 0 Å². The van der Waals surface area contributed by atoms with E-state index >= 15 is 0 Å². The summed E-state index contributed by atoms with van der Waals surface area (Å²) >= 11 is 0. The largest absolute Gasteiger partial charge is 0.390 e. The lowest BCUT2D eigenvalue weighted by molar-refractivity contribution is 0.0537. The number of hydrogen-bond donors (Lipinski definition) is 1. The number of para-hydroxylation sites is 2. The third kappa shape index (κ3) is 2.34. The molecule has 0 saturated carbocycles. The van der Waals surface area contributed by atoms with Gasteiger partial charge in [0.15, 0.2) is 0 Å². The van der Waals surface area contributed by atoms with Gasteiger partial charge in [-0.3, -0.25) is 0 Å². The van der Waals surface area contributed by atoms with Crippen LogP contribution in [0.1, 0.15) is 33.0 Å². The van der Waals surface area contributed by atoms with Crippen molar-refractivity contribution < 1.29 is 5.11 Å². The first-order valence-electron chi connectivity index (χ1n) is 6.24. The molecule has 0 aliphatic carbocycles. The van der Waals surface area contributed by atoms with Gasteiger partial charge >= 0.3 is 0 Å². The highest BCUT2D eigenvalue weighted by Crippen LogP contribution is 2.21. The standard InChI is InChI=1S/C14H20N2O/c1-4-14(3,17)10-13-15-11-8-6-7-9-12(11)16(13)5-2/h6-9,17H,4-5,10H2,1-3H3. The highest BCUT2D eigenvalue weighted by Gasteiger charge is 2.22. The number of rotatable bonds is 4. The minimum Gasteiger partial charge on any atom is -0.390 e. The van der Waals surface area contributed by atoms with Crippen molar-refractivity contribution >= 4 is 11.0 Å². The molecule has 0 spiro atoms. The Labute approximate surface area is 102 Å². The fourth-order valence-corrected chi connectivity index (χ4v) is 2.08. The van der Waals surface area contributed by atoms with Crippen molar-refractivity contribution in [3.05, 3.63) is 30.1 Å². The summed E-state index contributed by atoms with van der Waals surface area (Å²) < 4.78 is 2.18. The molecular weight excluding hydrogens is 212 g/mol. The van der Waals surface area contributed by atoms with E-state index in [0.717, 1.165) is 29.8 Å². The molecule has 17 heavy (non-hydrogen) atoms. The minimum absolute atomic E-state index is 0.603. The Morgan fingerprint density at radius 1 is 1.29 bits per heavy atom. The summed E-state index contributed by atoms with van der Waals surface area (Å²) in [5.41, 5.74) is 1.49. The number of benzene rings is 1. The van der Waals surface area contributed by atoms with E-state index in [1.165, 1.54) is 0 Å². The molecule has 3 nitrogen and oxygen atoms in total. The lowest BCUT2D eigenvalue weighted by Gasteiger charge is -2.21. The van der Waals surface area contributed by atoms with Gasteiger partial charge in [-0.25, -0.2) is 4.98 Å². The first-order chi connectivity index (χ1) is 8.07. The molecule has 1 aromatic carbocycles. The van der Waals surface area contributed by atoms with Gasteiger partial charge in [-0.1, -0.05) is 19.1 Å². The van der Waals surface area contributed by atoms with E-state index in [9.17, 15) is 5.11 Å². The van der Waals surface area contributed by atoms with Gasteiger partial charge < -0.3 is 9.67 Å². The van der Waals surface area contributed by atoms with Crippen LogP contribution in [-0.4, -0.2) is 20.3 Å². The van der Waals surface area contributed by atoms with Crippen molar-refractivity contribution in [2.24, 2.45) is 0 Å². The summed E-state index contributed by atoms with van der Waals surface area (Å²) in [6.07, 6.45) is 1.34. The average molecular weight is 232 g/mol. The predicted octanol–water partition coefficient (Wildman–Crippen LogP) is 2.76. The molecular formula is C14H20N2O. The molecule has 0 fully saturated rings. The Bertz CT molecular complexity index is 514. The number of aliphatic hydroxyl groups is 1. The Morgan fingerprint density at radius 2 is 2.00 bits per heavy atom. The molecule has 1 heterocycles. The number of aryl methyl sites for hydroxylation is 1. The topological polar surface area (TPSA) is 38.0 Å². The molecule has 0 aliphatic rings. The van der Waals surface area contributed by atoms with E-state index in [-0.39, 0.29) is 0 Å². The number of imidazole rings is 1. The van der Waals surface area contributed by atoms with Crippen LogP contribution < -0.4 is 0 Å². The van der Waals surface area contributed by atoms with E-state index in [1.807, 2.05) is 32.0 Å². The molecule has 0 bridgehead atoms. The second-order valence-electron chi connectivity index (χ2n) is 4.79. The molecule has 2 rings (SSSR count). The lowest BCUT2D eigenvalue weighted by Crippen LogP contribution is -2.27. The van der Waals surface area contributed by atoms with Crippen LogP contribution in [0.15, 0.2) is 24.3 Å². The average Bonchev–Trinajstić information content (AvgIpc) is 2.65. The van der Waals surface area contributed by atoms with Crippen LogP contribution in [0.4, 0.5) is 0 Å². The van der Waals surface area contributed by atoms with Crippen LogP contribution >= 0.6 is 0 Å². The summed E-state index contributed by atoms with van der Waals surface area (Å²) in [5, 5.41) is 10.2. The quantitative estimate of drug-likeness (QED) is 0.880. The number of nitrogens with zero attached hydrogens (tertiary/aromatic N) is 2. The van der Waals surface area contributed by atoms with Gasteiger partial charge in [-0.2, -0.15) is 0 Å². The van der Waals surface area contributed by atoms with Crippen molar-refractivity contribution in [2.45, 2.75) is 45.8 Å². The number of fused-ring (bicyclic) bond motifs is 1. The van der Waals surface area contributed by atoms with Crippen molar-refractivity contribution in [3.63, 3.8) is 0 Å². The zero-order valence-corrected chi connectivity index (χ0v) is 10.8. The predicted molar refractivity (Wildman–Crippen MR) is 70.0 cm³/mol. The fourth-order valence-electron chi connectivity index (χ4n) is 2.08.